The SMILES string of the molecule is Cc1ccc(N)c(NC(=O)C(=O)NCC2COc3ccccc3O2)c1. The second-order valence-electron chi connectivity index (χ2n) is 5.75. The third-order valence-corrected chi connectivity index (χ3v) is 3.72. The van der Waals surface area contributed by atoms with Crippen molar-refractivity contribution in [2.75, 3.05) is 24.2 Å². The molecule has 3 rings (SSSR count). The number of benzene rings is 2. The third kappa shape index (κ3) is 4.00. The normalized spacial score (nSPS) is 15.3. The van der Waals surface area contributed by atoms with Gasteiger partial charge in [0.15, 0.2) is 11.5 Å². The van der Waals surface area contributed by atoms with E-state index in [2.05, 4.69) is 10.6 Å². The molecule has 0 bridgehead atoms. The number of anilines is 2. The number of aryl methyl sites for hydroxylation is 1. The van der Waals surface area contributed by atoms with Gasteiger partial charge in [-0.3, -0.25) is 9.59 Å². The molecular weight excluding hydrogens is 322 g/mol. The van der Waals surface area contributed by atoms with Crippen molar-refractivity contribution >= 4 is 23.2 Å². The molecule has 1 aliphatic heterocycles. The largest absolute Gasteiger partial charge is 0.486 e. The van der Waals surface area contributed by atoms with Crippen molar-refractivity contribution in [3.05, 3.63) is 48.0 Å². The third-order valence-electron chi connectivity index (χ3n) is 3.72. The first kappa shape index (κ1) is 16.6. The van der Waals surface area contributed by atoms with Crippen LogP contribution in [-0.2, 0) is 9.59 Å². The number of fused-ring (bicyclic) bond motifs is 1. The van der Waals surface area contributed by atoms with Crippen LogP contribution in [0.1, 0.15) is 5.56 Å². The van der Waals surface area contributed by atoms with E-state index in [9.17, 15) is 9.59 Å². The first-order valence-corrected chi connectivity index (χ1v) is 7.86. The monoisotopic (exact) mass is 341 g/mol. The number of rotatable bonds is 3. The van der Waals surface area contributed by atoms with E-state index < -0.39 is 11.8 Å². The molecule has 0 saturated heterocycles. The number of para-hydroxylation sites is 2. The first-order valence-electron chi connectivity index (χ1n) is 7.86. The van der Waals surface area contributed by atoms with E-state index in [1.54, 1.807) is 18.2 Å². The van der Waals surface area contributed by atoms with E-state index in [1.165, 1.54) is 0 Å². The molecule has 2 aromatic rings. The van der Waals surface area contributed by atoms with Gasteiger partial charge in [-0.1, -0.05) is 18.2 Å². The smallest absolute Gasteiger partial charge is 0.313 e. The molecule has 0 spiro atoms. The molecule has 130 valence electrons. The molecule has 1 aliphatic rings. The van der Waals surface area contributed by atoms with Gasteiger partial charge in [0.1, 0.15) is 12.7 Å². The summed E-state index contributed by atoms with van der Waals surface area (Å²) in [5.74, 6) is -0.263. The molecule has 1 heterocycles. The molecule has 0 saturated carbocycles. The second-order valence-corrected chi connectivity index (χ2v) is 5.75. The lowest BCUT2D eigenvalue weighted by Gasteiger charge is -2.26. The van der Waals surface area contributed by atoms with Gasteiger partial charge in [0, 0.05) is 0 Å². The van der Waals surface area contributed by atoms with E-state index in [4.69, 9.17) is 15.2 Å². The molecule has 25 heavy (non-hydrogen) atoms. The van der Waals surface area contributed by atoms with Crippen LogP contribution in [0.15, 0.2) is 42.5 Å². The molecule has 0 aromatic heterocycles. The van der Waals surface area contributed by atoms with E-state index in [1.807, 2.05) is 31.2 Å². The Morgan fingerprint density at radius 2 is 1.92 bits per heavy atom. The van der Waals surface area contributed by atoms with E-state index in [0.29, 0.717) is 29.5 Å². The maximum Gasteiger partial charge on any atom is 0.313 e. The molecule has 0 aliphatic carbocycles. The summed E-state index contributed by atoms with van der Waals surface area (Å²) in [6.07, 6.45) is -0.365. The highest BCUT2D eigenvalue weighted by Crippen LogP contribution is 2.30. The fourth-order valence-corrected chi connectivity index (χ4v) is 2.41. The molecule has 0 radical (unpaired) electrons. The van der Waals surface area contributed by atoms with Crippen LogP contribution in [-0.4, -0.2) is 31.1 Å². The molecule has 7 heteroatoms. The maximum atomic E-state index is 12.0. The number of nitrogens with one attached hydrogen (secondary N) is 2. The van der Waals surface area contributed by atoms with Crippen molar-refractivity contribution in [2.24, 2.45) is 0 Å². The highest BCUT2D eigenvalue weighted by molar-refractivity contribution is 6.39. The summed E-state index contributed by atoms with van der Waals surface area (Å²) in [4.78, 5) is 24.0. The van der Waals surface area contributed by atoms with Crippen molar-refractivity contribution in [1.82, 2.24) is 5.32 Å². The fourth-order valence-electron chi connectivity index (χ4n) is 2.41. The van der Waals surface area contributed by atoms with Crippen LogP contribution in [0.5, 0.6) is 11.5 Å². The number of amides is 2. The minimum Gasteiger partial charge on any atom is -0.486 e. The van der Waals surface area contributed by atoms with Gasteiger partial charge in [0.05, 0.1) is 17.9 Å². The minimum absolute atomic E-state index is 0.157. The highest BCUT2D eigenvalue weighted by atomic mass is 16.6. The summed E-state index contributed by atoms with van der Waals surface area (Å²) in [6, 6.07) is 12.5. The van der Waals surface area contributed by atoms with Crippen molar-refractivity contribution in [3.63, 3.8) is 0 Å². The second kappa shape index (κ2) is 7.12. The Labute approximate surface area is 145 Å². The van der Waals surface area contributed by atoms with Gasteiger partial charge in [-0.25, -0.2) is 0 Å². The molecule has 2 amide bonds. The molecule has 1 unspecified atom stereocenters. The quantitative estimate of drug-likeness (QED) is 0.579. The van der Waals surface area contributed by atoms with Gasteiger partial charge in [0.25, 0.3) is 0 Å². The minimum atomic E-state index is -0.783. The van der Waals surface area contributed by atoms with Crippen molar-refractivity contribution in [2.45, 2.75) is 13.0 Å². The van der Waals surface area contributed by atoms with Gasteiger partial charge in [0.2, 0.25) is 0 Å². The molecule has 7 nitrogen and oxygen atoms in total. The van der Waals surface area contributed by atoms with E-state index >= 15 is 0 Å². The van der Waals surface area contributed by atoms with Crippen LogP contribution in [0, 0.1) is 6.92 Å². The highest BCUT2D eigenvalue weighted by Gasteiger charge is 2.23. The van der Waals surface area contributed by atoms with Crippen LogP contribution in [0.3, 0.4) is 0 Å². The summed E-state index contributed by atoms with van der Waals surface area (Å²) in [5, 5.41) is 5.05. The molecule has 0 fully saturated rings. The zero-order chi connectivity index (χ0) is 17.8. The van der Waals surface area contributed by atoms with Gasteiger partial charge >= 0.3 is 11.8 Å². The summed E-state index contributed by atoms with van der Waals surface area (Å²) in [6.45, 7) is 2.32. The Balaban J connectivity index is 1.52. The number of nitrogens with two attached hydrogens (primary N) is 1. The molecule has 1 atom stereocenters. The van der Waals surface area contributed by atoms with Crippen molar-refractivity contribution in [1.29, 1.82) is 0 Å². The summed E-state index contributed by atoms with van der Waals surface area (Å²) in [5.41, 5.74) is 7.52. The Bertz CT molecular complexity index is 807. The van der Waals surface area contributed by atoms with Crippen LogP contribution >= 0.6 is 0 Å². The maximum absolute atomic E-state index is 12.0. The number of carbonyl (C=O) groups is 2. The lowest BCUT2D eigenvalue weighted by molar-refractivity contribution is -0.136. The number of hydrogen-bond donors (Lipinski definition) is 3. The van der Waals surface area contributed by atoms with Crippen LogP contribution in [0.4, 0.5) is 11.4 Å². The van der Waals surface area contributed by atoms with Crippen molar-refractivity contribution < 1.29 is 19.1 Å². The predicted octanol–water partition coefficient (Wildman–Crippen LogP) is 1.47. The van der Waals surface area contributed by atoms with Crippen molar-refractivity contribution in [3.8, 4) is 11.5 Å². The predicted molar refractivity (Wildman–Crippen MR) is 93.6 cm³/mol. The molecule has 4 N–H and O–H groups in total. The zero-order valence-corrected chi connectivity index (χ0v) is 13.7. The topological polar surface area (TPSA) is 103 Å². The molecular formula is C18H19N3O4. The van der Waals surface area contributed by atoms with Crippen LogP contribution in [0.2, 0.25) is 0 Å². The summed E-state index contributed by atoms with van der Waals surface area (Å²) in [7, 11) is 0. The zero-order valence-electron chi connectivity index (χ0n) is 13.7. The number of ether oxygens (including phenoxy) is 2. The Hall–Kier alpha value is -3.22. The number of carbonyl (C=O) groups excluding carboxylic acids is 2. The Morgan fingerprint density at radius 3 is 2.72 bits per heavy atom. The fraction of sp³-hybridized carbons (Fsp3) is 0.222. The average molecular weight is 341 g/mol. The van der Waals surface area contributed by atoms with E-state index in [-0.39, 0.29) is 12.6 Å². The lowest BCUT2D eigenvalue weighted by Crippen LogP contribution is -2.44. The summed E-state index contributed by atoms with van der Waals surface area (Å²) >= 11 is 0. The van der Waals surface area contributed by atoms with E-state index in [0.717, 1.165) is 5.56 Å². The Morgan fingerprint density at radius 1 is 1.16 bits per heavy atom. The first-order chi connectivity index (χ1) is 12.0. The van der Waals surface area contributed by atoms with Crippen LogP contribution in [0.25, 0.3) is 0 Å². The standard InChI is InChI=1S/C18H19N3O4/c1-11-6-7-13(19)14(8-11)21-18(23)17(22)20-9-12-10-24-15-4-2-3-5-16(15)25-12/h2-8,12H,9-10,19H2,1H3,(H,20,22)(H,21,23). The average Bonchev–Trinajstić information content (AvgIpc) is 2.62. The van der Waals surface area contributed by atoms with Crippen LogP contribution < -0.4 is 25.8 Å². The lowest BCUT2D eigenvalue weighted by atomic mass is 10.2. The molecule has 2 aromatic carbocycles. The Kier molecular flexibility index (Phi) is 4.74. The van der Waals surface area contributed by atoms with Gasteiger partial charge in [-0.2, -0.15) is 0 Å². The number of hydrogen-bond acceptors (Lipinski definition) is 5. The summed E-state index contributed by atoms with van der Waals surface area (Å²) < 4.78 is 11.3. The number of nitrogen functional groups attached to an aromatic ring is 1. The van der Waals surface area contributed by atoms with Gasteiger partial charge in [-0.05, 0) is 36.8 Å². The van der Waals surface area contributed by atoms with Gasteiger partial charge in [-0.15, -0.1) is 0 Å². The van der Waals surface area contributed by atoms with Gasteiger partial charge < -0.3 is 25.8 Å².